The van der Waals surface area contributed by atoms with Crippen LogP contribution < -0.4 is 5.32 Å². The topological polar surface area (TPSA) is 35.6 Å². The van der Waals surface area contributed by atoms with Crippen molar-refractivity contribution in [1.82, 2.24) is 15.1 Å². The van der Waals surface area contributed by atoms with Crippen molar-refractivity contribution in [2.45, 2.75) is 25.8 Å². The fraction of sp³-hybridized carbons (Fsp3) is 0.611. The Morgan fingerprint density at radius 3 is 2.73 bits per heavy atom. The zero-order valence-corrected chi connectivity index (χ0v) is 13.5. The first kappa shape index (κ1) is 15.3. The number of likely N-dealkylation sites (tertiary alicyclic amines) is 1. The van der Waals surface area contributed by atoms with Crippen molar-refractivity contribution in [1.29, 1.82) is 0 Å². The minimum Gasteiger partial charge on any atom is -0.338 e. The summed E-state index contributed by atoms with van der Waals surface area (Å²) in [7, 11) is 1.92. The Bertz CT molecular complexity index is 486. The van der Waals surface area contributed by atoms with Crippen LogP contribution >= 0.6 is 0 Å². The third-order valence-electron chi connectivity index (χ3n) is 4.74. The Balaban J connectivity index is 1.39. The van der Waals surface area contributed by atoms with Gasteiger partial charge in [0, 0.05) is 33.2 Å². The van der Waals surface area contributed by atoms with Gasteiger partial charge in [0.05, 0.1) is 0 Å². The van der Waals surface area contributed by atoms with Crippen LogP contribution in [0.3, 0.4) is 0 Å². The van der Waals surface area contributed by atoms with E-state index in [2.05, 4.69) is 40.5 Å². The number of amides is 2. The molecule has 1 aliphatic carbocycles. The van der Waals surface area contributed by atoms with Crippen molar-refractivity contribution in [3.63, 3.8) is 0 Å². The van der Waals surface area contributed by atoms with Gasteiger partial charge in [-0.15, -0.1) is 0 Å². The van der Waals surface area contributed by atoms with Crippen LogP contribution in [0.2, 0.25) is 0 Å². The molecule has 2 fully saturated rings. The Kier molecular flexibility index (Phi) is 4.98. The van der Waals surface area contributed by atoms with Crippen molar-refractivity contribution in [3.05, 3.63) is 35.9 Å². The van der Waals surface area contributed by atoms with Crippen LogP contribution in [-0.4, -0.2) is 49.1 Å². The highest BCUT2D eigenvalue weighted by Gasteiger charge is 2.26. The van der Waals surface area contributed by atoms with Crippen LogP contribution in [0.25, 0.3) is 0 Å². The summed E-state index contributed by atoms with van der Waals surface area (Å²) >= 11 is 0. The Morgan fingerprint density at radius 2 is 2.00 bits per heavy atom. The molecule has 4 heteroatoms. The Morgan fingerprint density at radius 1 is 1.23 bits per heavy atom. The lowest BCUT2D eigenvalue weighted by molar-refractivity contribution is 0.199. The van der Waals surface area contributed by atoms with Gasteiger partial charge in [0.15, 0.2) is 0 Å². The zero-order valence-electron chi connectivity index (χ0n) is 13.5. The number of hydrogen-bond acceptors (Lipinski definition) is 2. The molecule has 1 saturated heterocycles. The van der Waals surface area contributed by atoms with Gasteiger partial charge in [0.2, 0.25) is 0 Å². The summed E-state index contributed by atoms with van der Waals surface area (Å²) < 4.78 is 0. The highest BCUT2D eigenvalue weighted by atomic mass is 16.2. The molecule has 3 rings (SSSR count). The molecule has 1 heterocycles. The first-order valence-electron chi connectivity index (χ1n) is 8.46. The standard InChI is InChI=1S/C18H27N3O/c1-20(18(22)19-11-15-7-8-15)12-17-9-10-21(14-17)13-16-5-3-2-4-6-16/h2-6,15,17H,7-14H2,1H3,(H,19,22). The molecule has 2 amide bonds. The van der Waals surface area contributed by atoms with Gasteiger partial charge in [0.1, 0.15) is 0 Å². The van der Waals surface area contributed by atoms with E-state index in [1.807, 2.05) is 11.9 Å². The van der Waals surface area contributed by atoms with Gasteiger partial charge in [-0.2, -0.15) is 0 Å². The highest BCUT2D eigenvalue weighted by Crippen LogP contribution is 2.27. The first-order valence-corrected chi connectivity index (χ1v) is 8.46. The second kappa shape index (κ2) is 7.14. The lowest BCUT2D eigenvalue weighted by Crippen LogP contribution is -2.41. The number of urea groups is 1. The molecule has 1 aromatic rings. The molecule has 1 aliphatic heterocycles. The van der Waals surface area contributed by atoms with E-state index in [-0.39, 0.29) is 6.03 Å². The molecule has 1 unspecified atom stereocenters. The van der Waals surface area contributed by atoms with Crippen LogP contribution in [0.1, 0.15) is 24.8 Å². The minimum atomic E-state index is 0.0911. The van der Waals surface area contributed by atoms with Gasteiger partial charge in [-0.1, -0.05) is 30.3 Å². The largest absolute Gasteiger partial charge is 0.338 e. The smallest absolute Gasteiger partial charge is 0.317 e. The second-order valence-corrected chi connectivity index (χ2v) is 6.89. The quantitative estimate of drug-likeness (QED) is 0.876. The molecule has 1 saturated carbocycles. The Hall–Kier alpha value is -1.55. The lowest BCUT2D eigenvalue weighted by atomic mass is 10.1. The van der Waals surface area contributed by atoms with E-state index in [0.717, 1.165) is 38.6 Å². The molecule has 120 valence electrons. The van der Waals surface area contributed by atoms with Gasteiger partial charge in [-0.3, -0.25) is 4.90 Å². The zero-order chi connectivity index (χ0) is 15.4. The van der Waals surface area contributed by atoms with Crippen LogP contribution in [0.15, 0.2) is 30.3 Å². The number of nitrogens with zero attached hydrogens (tertiary/aromatic N) is 2. The highest BCUT2D eigenvalue weighted by molar-refractivity contribution is 5.73. The predicted molar refractivity (Wildman–Crippen MR) is 88.6 cm³/mol. The van der Waals surface area contributed by atoms with E-state index >= 15 is 0 Å². The number of rotatable bonds is 6. The summed E-state index contributed by atoms with van der Waals surface area (Å²) in [4.78, 5) is 16.4. The first-order chi connectivity index (χ1) is 10.7. The van der Waals surface area contributed by atoms with Crippen molar-refractivity contribution < 1.29 is 4.79 Å². The van der Waals surface area contributed by atoms with Crippen molar-refractivity contribution in [2.24, 2.45) is 11.8 Å². The van der Waals surface area contributed by atoms with Crippen molar-refractivity contribution >= 4 is 6.03 Å². The van der Waals surface area contributed by atoms with E-state index in [1.165, 1.54) is 24.8 Å². The molecule has 22 heavy (non-hydrogen) atoms. The maximum absolute atomic E-state index is 12.0. The maximum Gasteiger partial charge on any atom is 0.317 e. The molecular weight excluding hydrogens is 274 g/mol. The molecule has 0 bridgehead atoms. The molecule has 1 N–H and O–H groups in total. The summed E-state index contributed by atoms with van der Waals surface area (Å²) in [5.41, 5.74) is 1.37. The van der Waals surface area contributed by atoms with E-state index < -0.39 is 0 Å². The van der Waals surface area contributed by atoms with Gasteiger partial charge >= 0.3 is 6.03 Å². The predicted octanol–water partition coefficient (Wildman–Crippen LogP) is 2.56. The Labute approximate surface area is 133 Å². The maximum atomic E-state index is 12.0. The van der Waals surface area contributed by atoms with E-state index in [4.69, 9.17) is 0 Å². The fourth-order valence-corrected chi connectivity index (χ4v) is 3.21. The molecule has 1 atom stereocenters. The molecule has 1 aromatic carbocycles. The number of carbonyl (C=O) groups is 1. The molecule has 0 aromatic heterocycles. The van der Waals surface area contributed by atoms with E-state index in [9.17, 15) is 4.79 Å². The molecule has 0 spiro atoms. The molecule has 0 radical (unpaired) electrons. The number of nitrogens with one attached hydrogen (secondary N) is 1. The van der Waals surface area contributed by atoms with Crippen LogP contribution in [-0.2, 0) is 6.54 Å². The molecule has 2 aliphatic rings. The van der Waals surface area contributed by atoms with Crippen LogP contribution in [0.4, 0.5) is 4.79 Å². The third kappa shape index (κ3) is 4.47. The fourth-order valence-electron chi connectivity index (χ4n) is 3.21. The summed E-state index contributed by atoms with van der Waals surface area (Å²) in [6.45, 7) is 4.97. The van der Waals surface area contributed by atoms with Crippen LogP contribution in [0.5, 0.6) is 0 Å². The number of carbonyl (C=O) groups excluding carboxylic acids is 1. The number of hydrogen-bond donors (Lipinski definition) is 1. The average Bonchev–Trinajstić information content (AvgIpc) is 3.26. The lowest BCUT2D eigenvalue weighted by Gasteiger charge is -2.22. The van der Waals surface area contributed by atoms with Crippen molar-refractivity contribution in [2.75, 3.05) is 33.2 Å². The third-order valence-corrected chi connectivity index (χ3v) is 4.74. The molecular formula is C18H27N3O. The van der Waals surface area contributed by atoms with Crippen molar-refractivity contribution in [3.8, 4) is 0 Å². The van der Waals surface area contributed by atoms with Gasteiger partial charge in [0.25, 0.3) is 0 Å². The van der Waals surface area contributed by atoms with E-state index in [0.29, 0.717) is 5.92 Å². The summed E-state index contributed by atoms with van der Waals surface area (Å²) in [5, 5.41) is 3.04. The minimum absolute atomic E-state index is 0.0911. The summed E-state index contributed by atoms with van der Waals surface area (Å²) in [5.74, 6) is 1.34. The summed E-state index contributed by atoms with van der Waals surface area (Å²) in [6, 6.07) is 10.7. The monoisotopic (exact) mass is 301 g/mol. The van der Waals surface area contributed by atoms with Gasteiger partial charge < -0.3 is 10.2 Å². The number of benzene rings is 1. The van der Waals surface area contributed by atoms with Crippen LogP contribution in [0, 0.1) is 11.8 Å². The SMILES string of the molecule is CN(CC1CCN(Cc2ccccc2)C1)C(=O)NCC1CC1. The second-order valence-electron chi connectivity index (χ2n) is 6.89. The molecule has 4 nitrogen and oxygen atoms in total. The summed E-state index contributed by atoms with van der Waals surface area (Å²) in [6.07, 6.45) is 3.75. The average molecular weight is 301 g/mol. The van der Waals surface area contributed by atoms with E-state index in [1.54, 1.807) is 0 Å². The van der Waals surface area contributed by atoms with Gasteiger partial charge in [-0.05, 0) is 43.2 Å². The van der Waals surface area contributed by atoms with Gasteiger partial charge in [-0.25, -0.2) is 4.79 Å². The normalized spacial score (nSPS) is 21.8.